The maximum Gasteiger partial charge on any atom is 0.338 e. The van der Waals surface area contributed by atoms with Crippen LogP contribution in [0.15, 0.2) is 47.1 Å². The minimum atomic E-state index is -0.574. The third-order valence-corrected chi connectivity index (χ3v) is 2.71. The van der Waals surface area contributed by atoms with Crippen molar-refractivity contribution >= 4 is 23.5 Å². The summed E-state index contributed by atoms with van der Waals surface area (Å²) in [6, 6.07) is 9.68. The van der Waals surface area contributed by atoms with Crippen molar-refractivity contribution in [2.24, 2.45) is 0 Å². The second-order valence-corrected chi connectivity index (χ2v) is 4.38. The number of hydrogen-bond donors (Lipinski definition) is 1. The summed E-state index contributed by atoms with van der Waals surface area (Å²) in [4.78, 5) is 23.1. The minimum absolute atomic E-state index is 0.254. The van der Waals surface area contributed by atoms with Gasteiger partial charge in [-0.05, 0) is 36.4 Å². The number of rotatable bonds is 5. The van der Waals surface area contributed by atoms with E-state index in [9.17, 15) is 9.59 Å². The Balaban J connectivity index is 1.75. The maximum atomic E-state index is 11.6. The summed E-state index contributed by atoms with van der Waals surface area (Å²) in [6.07, 6.45) is 1.52. The molecule has 2 rings (SSSR count). The SMILES string of the molecule is O=C(COC(=O)c1ccc(Cl)cc1)NCc1ccco1. The summed E-state index contributed by atoms with van der Waals surface area (Å²) in [6.45, 7) is -0.0908. The molecule has 0 unspecified atom stereocenters. The van der Waals surface area contributed by atoms with Crippen molar-refractivity contribution in [3.63, 3.8) is 0 Å². The van der Waals surface area contributed by atoms with E-state index in [1.807, 2.05) is 0 Å². The molecule has 0 fully saturated rings. The number of ether oxygens (including phenoxy) is 1. The highest BCUT2D eigenvalue weighted by molar-refractivity contribution is 6.30. The third kappa shape index (κ3) is 4.13. The zero-order valence-corrected chi connectivity index (χ0v) is 11.2. The third-order valence-electron chi connectivity index (χ3n) is 2.45. The Kier molecular flexibility index (Phi) is 4.79. The first-order valence-corrected chi connectivity index (χ1v) is 6.25. The molecule has 0 aliphatic heterocycles. The number of amides is 1. The molecule has 1 N–H and O–H groups in total. The first-order valence-electron chi connectivity index (χ1n) is 5.87. The first kappa shape index (κ1) is 14.1. The molecule has 0 aliphatic rings. The van der Waals surface area contributed by atoms with E-state index in [2.05, 4.69) is 5.32 Å². The highest BCUT2D eigenvalue weighted by Gasteiger charge is 2.10. The van der Waals surface area contributed by atoms with E-state index in [1.165, 1.54) is 18.4 Å². The van der Waals surface area contributed by atoms with Gasteiger partial charge < -0.3 is 14.5 Å². The molecular weight excluding hydrogens is 282 g/mol. The van der Waals surface area contributed by atoms with E-state index in [0.29, 0.717) is 16.3 Å². The lowest BCUT2D eigenvalue weighted by atomic mass is 10.2. The Morgan fingerprint density at radius 1 is 1.20 bits per heavy atom. The summed E-state index contributed by atoms with van der Waals surface area (Å²) in [7, 11) is 0. The van der Waals surface area contributed by atoms with Crippen LogP contribution in [0, 0.1) is 0 Å². The van der Waals surface area contributed by atoms with Crippen LogP contribution in [0.2, 0.25) is 5.02 Å². The predicted molar refractivity (Wildman–Crippen MR) is 72.3 cm³/mol. The predicted octanol–water partition coefficient (Wildman–Crippen LogP) is 2.41. The Labute approximate surface area is 120 Å². The Hall–Kier alpha value is -2.27. The fraction of sp³-hybridized carbons (Fsp3) is 0.143. The average molecular weight is 294 g/mol. The van der Waals surface area contributed by atoms with E-state index in [0.717, 1.165) is 0 Å². The standard InChI is InChI=1S/C14H12ClNO4/c15-11-5-3-10(4-6-11)14(18)20-9-13(17)16-8-12-2-1-7-19-12/h1-7H,8-9H2,(H,16,17). The van der Waals surface area contributed by atoms with Gasteiger partial charge in [-0.2, -0.15) is 0 Å². The maximum absolute atomic E-state index is 11.6. The van der Waals surface area contributed by atoms with Gasteiger partial charge in [0.25, 0.3) is 5.91 Å². The number of hydrogen-bond acceptors (Lipinski definition) is 4. The molecule has 0 saturated carbocycles. The lowest BCUT2D eigenvalue weighted by molar-refractivity contribution is -0.124. The van der Waals surface area contributed by atoms with Gasteiger partial charge in [-0.3, -0.25) is 4.79 Å². The van der Waals surface area contributed by atoms with Crippen molar-refractivity contribution in [3.05, 3.63) is 59.0 Å². The van der Waals surface area contributed by atoms with Crippen molar-refractivity contribution in [3.8, 4) is 0 Å². The van der Waals surface area contributed by atoms with Gasteiger partial charge in [0.05, 0.1) is 18.4 Å². The van der Waals surface area contributed by atoms with Crippen LogP contribution in [0.1, 0.15) is 16.1 Å². The topological polar surface area (TPSA) is 68.5 Å². The van der Waals surface area contributed by atoms with Crippen LogP contribution in [0.25, 0.3) is 0 Å². The monoisotopic (exact) mass is 293 g/mol. The molecule has 1 amide bonds. The highest BCUT2D eigenvalue weighted by Crippen LogP contribution is 2.10. The van der Waals surface area contributed by atoms with E-state index in [1.54, 1.807) is 24.3 Å². The van der Waals surface area contributed by atoms with Gasteiger partial charge in [-0.1, -0.05) is 11.6 Å². The molecule has 0 bridgehead atoms. The smallest absolute Gasteiger partial charge is 0.338 e. The normalized spacial score (nSPS) is 10.1. The Morgan fingerprint density at radius 3 is 2.60 bits per heavy atom. The molecule has 0 saturated heterocycles. The van der Waals surface area contributed by atoms with Crippen LogP contribution >= 0.6 is 11.6 Å². The quantitative estimate of drug-likeness (QED) is 0.860. The average Bonchev–Trinajstić information content (AvgIpc) is 2.96. The summed E-state index contributed by atoms with van der Waals surface area (Å²) >= 11 is 5.71. The molecule has 0 spiro atoms. The van der Waals surface area contributed by atoms with Crippen molar-refractivity contribution in [1.82, 2.24) is 5.32 Å². The molecular formula is C14H12ClNO4. The van der Waals surface area contributed by atoms with E-state index >= 15 is 0 Å². The molecule has 2 aromatic rings. The van der Waals surface area contributed by atoms with Crippen molar-refractivity contribution in [1.29, 1.82) is 0 Å². The van der Waals surface area contributed by atoms with Crippen LogP contribution in [0.5, 0.6) is 0 Å². The number of carbonyl (C=O) groups excluding carboxylic acids is 2. The molecule has 104 valence electrons. The second-order valence-electron chi connectivity index (χ2n) is 3.94. The molecule has 1 heterocycles. The van der Waals surface area contributed by atoms with Crippen LogP contribution in [0.3, 0.4) is 0 Å². The fourth-order valence-corrected chi connectivity index (χ4v) is 1.58. The van der Waals surface area contributed by atoms with Crippen LogP contribution < -0.4 is 5.32 Å². The zero-order chi connectivity index (χ0) is 14.4. The van der Waals surface area contributed by atoms with Gasteiger partial charge in [0.2, 0.25) is 0 Å². The fourth-order valence-electron chi connectivity index (χ4n) is 1.45. The molecule has 1 aromatic heterocycles. The second kappa shape index (κ2) is 6.77. The number of halogens is 1. The molecule has 6 heteroatoms. The van der Waals surface area contributed by atoms with Crippen molar-refractivity contribution in [2.45, 2.75) is 6.54 Å². The van der Waals surface area contributed by atoms with E-state index in [4.69, 9.17) is 20.8 Å². The highest BCUT2D eigenvalue weighted by atomic mass is 35.5. The van der Waals surface area contributed by atoms with E-state index in [-0.39, 0.29) is 13.2 Å². The minimum Gasteiger partial charge on any atom is -0.467 e. The van der Waals surface area contributed by atoms with Gasteiger partial charge in [0, 0.05) is 5.02 Å². The summed E-state index contributed by atoms with van der Waals surface area (Å²) < 4.78 is 9.93. The number of nitrogens with one attached hydrogen (secondary N) is 1. The molecule has 0 atom stereocenters. The number of esters is 1. The Bertz CT molecular complexity index is 578. The van der Waals surface area contributed by atoms with Gasteiger partial charge in [0.15, 0.2) is 6.61 Å². The molecule has 1 aromatic carbocycles. The largest absolute Gasteiger partial charge is 0.467 e. The Morgan fingerprint density at radius 2 is 1.95 bits per heavy atom. The first-order chi connectivity index (χ1) is 9.65. The summed E-state index contributed by atoms with van der Waals surface area (Å²) in [5, 5.41) is 3.10. The lowest BCUT2D eigenvalue weighted by Gasteiger charge is -2.05. The van der Waals surface area contributed by atoms with E-state index < -0.39 is 11.9 Å². The number of carbonyl (C=O) groups is 2. The van der Waals surface area contributed by atoms with Gasteiger partial charge in [-0.15, -0.1) is 0 Å². The molecule has 0 radical (unpaired) electrons. The molecule has 0 aliphatic carbocycles. The van der Waals surface area contributed by atoms with Gasteiger partial charge in [0.1, 0.15) is 5.76 Å². The van der Waals surface area contributed by atoms with Crippen molar-refractivity contribution < 1.29 is 18.7 Å². The van der Waals surface area contributed by atoms with Gasteiger partial charge in [-0.25, -0.2) is 4.79 Å². The zero-order valence-electron chi connectivity index (χ0n) is 10.5. The molecule has 20 heavy (non-hydrogen) atoms. The number of benzene rings is 1. The lowest BCUT2D eigenvalue weighted by Crippen LogP contribution is -2.28. The van der Waals surface area contributed by atoms with Crippen LogP contribution in [0.4, 0.5) is 0 Å². The van der Waals surface area contributed by atoms with Crippen LogP contribution in [-0.2, 0) is 16.1 Å². The van der Waals surface area contributed by atoms with Crippen molar-refractivity contribution in [2.75, 3.05) is 6.61 Å². The summed E-state index contributed by atoms with van der Waals surface area (Å²) in [5.74, 6) is -0.346. The molecule has 5 nitrogen and oxygen atoms in total. The van der Waals surface area contributed by atoms with Gasteiger partial charge >= 0.3 is 5.97 Å². The van der Waals surface area contributed by atoms with Crippen LogP contribution in [-0.4, -0.2) is 18.5 Å². The summed E-state index contributed by atoms with van der Waals surface area (Å²) in [5.41, 5.74) is 0.341. The number of furan rings is 1.